The lowest BCUT2D eigenvalue weighted by molar-refractivity contribution is 0.676. The highest BCUT2D eigenvalue weighted by Gasteiger charge is 2.20. The summed E-state index contributed by atoms with van der Waals surface area (Å²) in [6.45, 7) is 7.59. The van der Waals surface area contributed by atoms with Gasteiger partial charge < -0.3 is 5.32 Å². The van der Waals surface area contributed by atoms with Gasteiger partial charge in [-0.05, 0) is 61.1 Å². The van der Waals surface area contributed by atoms with Crippen LogP contribution in [0.5, 0.6) is 0 Å². The molecule has 0 aliphatic heterocycles. The van der Waals surface area contributed by atoms with Crippen LogP contribution in [0.15, 0.2) is 42.5 Å². The number of nitrogens with one attached hydrogen (secondary N) is 1. The minimum absolute atomic E-state index is 0.520. The smallest absolute Gasteiger partial charge is 0.0252 e. The van der Waals surface area contributed by atoms with E-state index < -0.39 is 0 Å². The van der Waals surface area contributed by atoms with Crippen molar-refractivity contribution >= 4 is 0 Å². The van der Waals surface area contributed by atoms with E-state index in [9.17, 15) is 0 Å². The van der Waals surface area contributed by atoms with E-state index in [-0.39, 0.29) is 0 Å². The van der Waals surface area contributed by atoms with Crippen LogP contribution in [-0.2, 0) is 6.54 Å². The van der Waals surface area contributed by atoms with Gasteiger partial charge in [0.25, 0.3) is 0 Å². The molecule has 1 saturated carbocycles. The van der Waals surface area contributed by atoms with Gasteiger partial charge >= 0.3 is 0 Å². The van der Waals surface area contributed by atoms with Crippen molar-refractivity contribution in [2.24, 2.45) is 0 Å². The Morgan fingerprint density at radius 1 is 1.00 bits per heavy atom. The molecule has 2 aromatic rings. The zero-order chi connectivity index (χ0) is 16.2. The Balaban J connectivity index is 1.79. The second-order valence-corrected chi connectivity index (χ2v) is 6.84. The third kappa shape index (κ3) is 4.47. The molecule has 0 saturated heterocycles. The molecular weight excluding hydrogens is 278 g/mol. The van der Waals surface area contributed by atoms with Crippen LogP contribution in [0.25, 0.3) is 0 Å². The van der Waals surface area contributed by atoms with E-state index in [2.05, 4.69) is 80.4 Å². The van der Waals surface area contributed by atoms with Gasteiger partial charge in [0.15, 0.2) is 0 Å². The predicted octanol–water partition coefficient (Wildman–Crippen LogP) is 4.77. The summed E-state index contributed by atoms with van der Waals surface area (Å²) in [5.74, 6) is 7.10. The molecule has 3 rings (SSSR count). The van der Waals surface area contributed by atoms with Gasteiger partial charge in [0.05, 0.1) is 0 Å². The first-order chi connectivity index (χ1) is 11.1. The van der Waals surface area contributed by atoms with Gasteiger partial charge in [-0.15, -0.1) is 0 Å². The van der Waals surface area contributed by atoms with Crippen LogP contribution in [0, 0.1) is 18.8 Å². The standard InChI is InChI=1S/C22H25N/c1-16(2)22-14-19(9-8-18-6-4-17(3)5-7-18)10-11-20(22)15-23-21-12-13-21/h4-7,10-11,14,16,21,23H,12-13,15H2,1-3H3. The van der Waals surface area contributed by atoms with Crippen molar-refractivity contribution in [2.75, 3.05) is 0 Å². The molecule has 1 nitrogen and oxygen atoms in total. The molecule has 0 heterocycles. The maximum atomic E-state index is 3.61. The van der Waals surface area contributed by atoms with Crippen molar-refractivity contribution in [3.63, 3.8) is 0 Å². The lowest BCUT2D eigenvalue weighted by Crippen LogP contribution is -2.16. The summed E-state index contributed by atoms with van der Waals surface area (Å²) in [7, 11) is 0. The van der Waals surface area contributed by atoms with Crippen LogP contribution < -0.4 is 5.32 Å². The monoisotopic (exact) mass is 303 g/mol. The molecule has 0 unspecified atom stereocenters. The molecule has 118 valence electrons. The molecule has 0 bridgehead atoms. The molecule has 0 atom stereocenters. The second-order valence-electron chi connectivity index (χ2n) is 6.84. The van der Waals surface area contributed by atoms with Crippen molar-refractivity contribution in [2.45, 2.75) is 52.1 Å². The molecule has 1 N–H and O–H groups in total. The van der Waals surface area contributed by atoms with Crippen LogP contribution in [-0.4, -0.2) is 6.04 Å². The number of hydrogen-bond acceptors (Lipinski definition) is 1. The first kappa shape index (κ1) is 15.8. The lowest BCUT2D eigenvalue weighted by Gasteiger charge is -2.14. The van der Waals surface area contributed by atoms with E-state index in [4.69, 9.17) is 0 Å². The van der Waals surface area contributed by atoms with Crippen LogP contribution in [0.4, 0.5) is 0 Å². The molecule has 0 amide bonds. The molecule has 0 spiro atoms. The maximum Gasteiger partial charge on any atom is 0.0252 e. The summed E-state index contributed by atoms with van der Waals surface area (Å²) >= 11 is 0. The zero-order valence-corrected chi connectivity index (χ0v) is 14.3. The maximum absolute atomic E-state index is 3.61. The van der Waals surface area contributed by atoms with Crippen LogP contribution in [0.2, 0.25) is 0 Å². The van der Waals surface area contributed by atoms with Gasteiger partial charge in [-0.1, -0.05) is 49.5 Å². The molecule has 1 aliphatic carbocycles. The number of rotatable bonds is 4. The first-order valence-corrected chi connectivity index (χ1v) is 8.57. The van der Waals surface area contributed by atoms with Gasteiger partial charge in [-0.25, -0.2) is 0 Å². The molecule has 1 aliphatic rings. The van der Waals surface area contributed by atoms with Crippen LogP contribution >= 0.6 is 0 Å². The van der Waals surface area contributed by atoms with E-state index in [0.717, 1.165) is 23.7 Å². The van der Waals surface area contributed by atoms with Gasteiger partial charge in [0.2, 0.25) is 0 Å². The van der Waals surface area contributed by atoms with Gasteiger partial charge in [0, 0.05) is 23.7 Å². The highest BCUT2D eigenvalue weighted by Crippen LogP contribution is 2.24. The fourth-order valence-electron chi connectivity index (χ4n) is 2.69. The first-order valence-electron chi connectivity index (χ1n) is 8.57. The Morgan fingerprint density at radius 3 is 2.30 bits per heavy atom. The quantitative estimate of drug-likeness (QED) is 0.802. The lowest BCUT2D eigenvalue weighted by atomic mass is 9.95. The highest BCUT2D eigenvalue weighted by molar-refractivity contribution is 5.46. The van der Waals surface area contributed by atoms with Crippen molar-refractivity contribution < 1.29 is 0 Å². The largest absolute Gasteiger partial charge is 0.310 e. The van der Waals surface area contributed by atoms with Crippen molar-refractivity contribution in [1.82, 2.24) is 5.32 Å². The Labute approximate surface area is 140 Å². The number of aryl methyl sites for hydroxylation is 1. The van der Waals surface area contributed by atoms with E-state index >= 15 is 0 Å². The minimum atomic E-state index is 0.520. The van der Waals surface area contributed by atoms with Gasteiger partial charge in [-0.3, -0.25) is 0 Å². The summed E-state index contributed by atoms with van der Waals surface area (Å²) in [5.41, 5.74) is 6.26. The molecule has 0 radical (unpaired) electrons. The third-order valence-corrected chi connectivity index (χ3v) is 4.33. The molecule has 23 heavy (non-hydrogen) atoms. The minimum Gasteiger partial charge on any atom is -0.310 e. The van der Waals surface area contributed by atoms with Gasteiger partial charge in [-0.2, -0.15) is 0 Å². The van der Waals surface area contributed by atoms with Crippen LogP contribution in [0.3, 0.4) is 0 Å². The number of benzene rings is 2. The number of hydrogen-bond donors (Lipinski definition) is 1. The Hall–Kier alpha value is -2.04. The average Bonchev–Trinajstić information content (AvgIpc) is 3.37. The van der Waals surface area contributed by atoms with E-state index in [1.165, 1.54) is 29.5 Å². The van der Waals surface area contributed by atoms with Crippen LogP contribution in [0.1, 0.15) is 60.4 Å². The molecule has 2 aromatic carbocycles. The average molecular weight is 303 g/mol. The van der Waals surface area contributed by atoms with E-state index in [1.54, 1.807) is 0 Å². The fraction of sp³-hybridized carbons (Fsp3) is 0.364. The Bertz CT molecular complexity index is 725. The Morgan fingerprint density at radius 2 is 1.65 bits per heavy atom. The van der Waals surface area contributed by atoms with Gasteiger partial charge in [0.1, 0.15) is 0 Å². The molecule has 1 heteroatoms. The van der Waals surface area contributed by atoms with Crippen molar-refractivity contribution in [3.05, 3.63) is 70.3 Å². The predicted molar refractivity (Wildman–Crippen MR) is 97.6 cm³/mol. The van der Waals surface area contributed by atoms with Crippen molar-refractivity contribution in [3.8, 4) is 11.8 Å². The molecule has 1 fully saturated rings. The van der Waals surface area contributed by atoms with E-state index in [0.29, 0.717) is 5.92 Å². The zero-order valence-electron chi connectivity index (χ0n) is 14.3. The Kier molecular flexibility index (Phi) is 4.84. The normalized spacial score (nSPS) is 13.7. The summed E-state index contributed by atoms with van der Waals surface area (Å²) in [6.07, 6.45) is 2.66. The molecular formula is C22H25N. The second kappa shape index (κ2) is 7.02. The third-order valence-electron chi connectivity index (χ3n) is 4.33. The topological polar surface area (TPSA) is 12.0 Å². The highest BCUT2D eigenvalue weighted by atomic mass is 14.9. The van der Waals surface area contributed by atoms with E-state index in [1.807, 2.05) is 0 Å². The van der Waals surface area contributed by atoms with Crippen molar-refractivity contribution in [1.29, 1.82) is 0 Å². The fourth-order valence-corrected chi connectivity index (χ4v) is 2.69. The summed E-state index contributed by atoms with van der Waals surface area (Å²) < 4.78 is 0. The summed E-state index contributed by atoms with van der Waals surface area (Å²) in [4.78, 5) is 0. The summed E-state index contributed by atoms with van der Waals surface area (Å²) in [6, 6.07) is 15.8. The molecule has 0 aromatic heterocycles. The SMILES string of the molecule is Cc1ccc(C#Cc2ccc(CNC3CC3)c(C(C)C)c2)cc1. The summed E-state index contributed by atoms with van der Waals surface area (Å²) in [5, 5.41) is 3.61.